The third-order valence-corrected chi connectivity index (χ3v) is 11.5. The van der Waals surface area contributed by atoms with Crippen LogP contribution in [0.5, 0.6) is 0 Å². The van der Waals surface area contributed by atoms with Crippen molar-refractivity contribution in [3.8, 4) is 0 Å². The van der Waals surface area contributed by atoms with Gasteiger partial charge in [0, 0.05) is 37.9 Å². The lowest BCUT2D eigenvalue weighted by Crippen LogP contribution is -2.65. The van der Waals surface area contributed by atoms with Crippen molar-refractivity contribution in [3.63, 3.8) is 0 Å². The first kappa shape index (κ1) is 24.8. The summed E-state index contributed by atoms with van der Waals surface area (Å²) in [6.07, 6.45) is 8.32. The standard InChI is InChI=1S/C26H33F2N3O3S.ClH/c27-24-9-16-10-25(28,13-24)15-26(11-16,14-24)30-19-12-29-22(21-18-3-1-17(2-4-18)20(19)21)23(32)31-5-7-35(33,34)8-6-31;/h12,16-18,30H,1-11,13-15H2;1H. The molecule has 1 amide bonds. The lowest BCUT2D eigenvalue weighted by atomic mass is 9.50. The van der Waals surface area contributed by atoms with Crippen molar-refractivity contribution in [1.29, 1.82) is 0 Å². The maximum absolute atomic E-state index is 15.6. The average Bonchev–Trinajstić information content (AvgIpc) is 2.77. The molecule has 0 spiro atoms. The number of carbonyl (C=O) groups is 1. The van der Waals surface area contributed by atoms with E-state index in [1.807, 2.05) is 0 Å². The highest BCUT2D eigenvalue weighted by molar-refractivity contribution is 7.91. The van der Waals surface area contributed by atoms with Crippen LogP contribution in [0.4, 0.5) is 14.5 Å². The van der Waals surface area contributed by atoms with Crippen LogP contribution in [0, 0.1) is 5.92 Å². The van der Waals surface area contributed by atoms with Crippen molar-refractivity contribution < 1.29 is 22.0 Å². The van der Waals surface area contributed by atoms with Crippen LogP contribution in [0.15, 0.2) is 6.20 Å². The van der Waals surface area contributed by atoms with Crippen LogP contribution in [0.1, 0.15) is 97.7 Å². The summed E-state index contributed by atoms with van der Waals surface area (Å²) in [5.74, 6) is 0.452. The number of halogens is 3. The van der Waals surface area contributed by atoms with E-state index in [2.05, 4.69) is 10.3 Å². The topological polar surface area (TPSA) is 79.4 Å². The van der Waals surface area contributed by atoms with E-state index in [1.54, 1.807) is 11.1 Å². The molecule has 0 aromatic carbocycles. The molecule has 1 aromatic heterocycles. The molecule has 5 saturated carbocycles. The summed E-state index contributed by atoms with van der Waals surface area (Å²) >= 11 is 0. The van der Waals surface area contributed by atoms with E-state index in [0.29, 0.717) is 37.3 Å². The number of carbonyl (C=O) groups excluding carboxylic acids is 1. The van der Waals surface area contributed by atoms with Gasteiger partial charge in [-0.1, -0.05) is 0 Å². The molecule has 7 aliphatic carbocycles. The third kappa shape index (κ3) is 3.86. The van der Waals surface area contributed by atoms with Crippen LogP contribution in [-0.2, 0) is 9.84 Å². The number of anilines is 1. The van der Waals surface area contributed by atoms with Gasteiger partial charge in [0.15, 0.2) is 9.84 Å². The number of hydrogen-bond acceptors (Lipinski definition) is 5. The molecule has 6 nitrogen and oxygen atoms in total. The highest BCUT2D eigenvalue weighted by Crippen LogP contribution is 2.63. The van der Waals surface area contributed by atoms with Gasteiger partial charge in [0.25, 0.3) is 5.91 Å². The molecule has 36 heavy (non-hydrogen) atoms. The Bertz CT molecular complexity index is 1190. The second-order valence-electron chi connectivity index (χ2n) is 12.6. The normalized spacial score (nSPS) is 41.5. The largest absolute Gasteiger partial charge is 0.378 e. The average molecular weight is 542 g/mol. The van der Waals surface area contributed by atoms with Crippen LogP contribution in [-0.4, -0.2) is 65.7 Å². The van der Waals surface area contributed by atoms with Gasteiger partial charge in [-0.15, -0.1) is 12.4 Å². The van der Waals surface area contributed by atoms with E-state index >= 15 is 8.78 Å². The van der Waals surface area contributed by atoms with Crippen LogP contribution in [0.3, 0.4) is 0 Å². The second-order valence-corrected chi connectivity index (χ2v) is 14.9. The SMILES string of the molecule is Cl.O=C(c1ncc(NC23CC4CC(F)(CC(F)(C4)C2)C3)c2c1C1CCC2CC1)N1CCS(=O)(=O)CC1. The van der Waals surface area contributed by atoms with E-state index in [0.717, 1.165) is 48.9 Å². The maximum Gasteiger partial charge on any atom is 0.272 e. The van der Waals surface area contributed by atoms with Crippen molar-refractivity contribution in [2.75, 3.05) is 29.9 Å². The summed E-state index contributed by atoms with van der Waals surface area (Å²) < 4.78 is 55.0. The molecular formula is C26H34ClF2N3O3S. The van der Waals surface area contributed by atoms with Gasteiger partial charge in [0.2, 0.25) is 0 Å². The summed E-state index contributed by atoms with van der Waals surface area (Å²) in [7, 11) is -3.09. The van der Waals surface area contributed by atoms with Gasteiger partial charge in [0.1, 0.15) is 17.0 Å². The molecule has 6 fully saturated rings. The minimum Gasteiger partial charge on any atom is -0.378 e. The number of sulfone groups is 1. The Labute approximate surface area is 217 Å². The number of nitrogens with zero attached hydrogens (tertiary/aromatic N) is 2. The zero-order chi connectivity index (χ0) is 24.2. The van der Waals surface area contributed by atoms with Gasteiger partial charge in [-0.05, 0) is 73.8 Å². The predicted octanol–water partition coefficient (Wildman–Crippen LogP) is 4.69. The number of nitrogens with one attached hydrogen (secondary N) is 1. The fraction of sp³-hybridized carbons (Fsp3) is 0.769. The van der Waals surface area contributed by atoms with E-state index in [9.17, 15) is 13.2 Å². The Morgan fingerprint density at radius 2 is 1.53 bits per heavy atom. The minimum atomic E-state index is -3.09. The van der Waals surface area contributed by atoms with E-state index < -0.39 is 26.7 Å². The Hall–Kier alpha value is -1.48. The molecule has 0 radical (unpaired) electrons. The monoisotopic (exact) mass is 541 g/mol. The number of fused-ring (bicyclic) bond motifs is 2. The fourth-order valence-corrected chi connectivity index (χ4v) is 10.2. The molecule has 2 heterocycles. The fourth-order valence-electron chi connectivity index (χ4n) is 9.03. The Balaban J connectivity index is 0.00000240. The van der Waals surface area contributed by atoms with Crippen LogP contribution in [0.2, 0.25) is 0 Å². The first-order chi connectivity index (χ1) is 16.6. The molecule has 2 unspecified atom stereocenters. The summed E-state index contributed by atoms with van der Waals surface area (Å²) in [6, 6.07) is 0. The summed E-state index contributed by atoms with van der Waals surface area (Å²) in [4.78, 5) is 19.8. The van der Waals surface area contributed by atoms with Crippen molar-refractivity contribution >= 4 is 33.8 Å². The molecule has 6 bridgehead atoms. The van der Waals surface area contributed by atoms with Crippen molar-refractivity contribution in [2.45, 2.75) is 92.9 Å². The lowest BCUT2D eigenvalue weighted by molar-refractivity contribution is -0.137. The Kier molecular flexibility index (Phi) is 5.53. The minimum absolute atomic E-state index is 0. The highest BCUT2D eigenvalue weighted by atomic mass is 35.5. The van der Waals surface area contributed by atoms with Crippen molar-refractivity contribution in [1.82, 2.24) is 9.88 Å². The first-order valence-corrected chi connectivity index (χ1v) is 15.1. The zero-order valence-corrected chi connectivity index (χ0v) is 22.0. The summed E-state index contributed by atoms with van der Waals surface area (Å²) in [6.45, 7) is 0.404. The molecule has 10 heteroatoms. The van der Waals surface area contributed by atoms with Crippen LogP contribution < -0.4 is 5.32 Å². The lowest BCUT2D eigenvalue weighted by Gasteiger charge is -2.61. The van der Waals surface area contributed by atoms with Gasteiger partial charge >= 0.3 is 0 Å². The van der Waals surface area contributed by atoms with E-state index in [4.69, 9.17) is 0 Å². The first-order valence-electron chi connectivity index (χ1n) is 13.2. The zero-order valence-electron chi connectivity index (χ0n) is 20.4. The summed E-state index contributed by atoms with van der Waals surface area (Å²) in [5.41, 5.74) is -0.00866. The number of rotatable bonds is 3. The molecule has 9 rings (SSSR count). The molecule has 1 saturated heterocycles. The van der Waals surface area contributed by atoms with Crippen molar-refractivity contribution in [3.05, 3.63) is 23.0 Å². The smallest absolute Gasteiger partial charge is 0.272 e. The Morgan fingerprint density at radius 3 is 2.11 bits per heavy atom. The number of amides is 1. The Morgan fingerprint density at radius 1 is 0.944 bits per heavy atom. The molecule has 1 N–H and O–H groups in total. The van der Waals surface area contributed by atoms with Gasteiger partial charge in [0.05, 0.1) is 23.4 Å². The summed E-state index contributed by atoms with van der Waals surface area (Å²) in [5, 5.41) is 3.66. The van der Waals surface area contributed by atoms with Crippen molar-refractivity contribution in [2.24, 2.45) is 5.92 Å². The van der Waals surface area contributed by atoms with Gasteiger partial charge in [-0.25, -0.2) is 22.2 Å². The molecule has 8 aliphatic rings. The van der Waals surface area contributed by atoms with Gasteiger partial charge in [-0.2, -0.15) is 0 Å². The van der Waals surface area contributed by atoms with Gasteiger partial charge in [-0.3, -0.25) is 4.79 Å². The second kappa shape index (κ2) is 8.01. The number of aromatic nitrogens is 1. The molecule has 1 aliphatic heterocycles. The van der Waals surface area contributed by atoms with Crippen LogP contribution >= 0.6 is 12.4 Å². The highest BCUT2D eigenvalue weighted by Gasteiger charge is 2.65. The number of hydrogen-bond donors (Lipinski definition) is 1. The van der Waals surface area contributed by atoms with Crippen LogP contribution in [0.25, 0.3) is 0 Å². The third-order valence-electron chi connectivity index (χ3n) is 9.87. The quantitative estimate of drug-likeness (QED) is 0.600. The van der Waals surface area contributed by atoms with E-state index in [1.165, 1.54) is 0 Å². The molecule has 198 valence electrons. The predicted molar refractivity (Wildman–Crippen MR) is 135 cm³/mol. The van der Waals surface area contributed by atoms with Gasteiger partial charge < -0.3 is 10.2 Å². The van der Waals surface area contributed by atoms with E-state index in [-0.39, 0.29) is 61.2 Å². The molecule has 2 atom stereocenters. The molecular weight excluding hydrogens is 508 g/mol. The molecule has 1 aromatic rings. The number of pyridine rings is 1. The maximum atomic E-state index is 15.6. The number of alkyl halides is 2.